The Kier molecular flexibility index (Phi) is 1.74. The van der Waals surface area contributed by atoms with Crippen LogP contribution in [0.15, 0.2) is 0 Å². The summed E-state index contributed by atoms with van der Waals surface area (Å²) in [6.45, 7) is 4.13. The van der Waals surface area contributed by atoms with Gasteiger partial charge in [-0.25, -0.2) is 0 Å². The first kappa shape index (κ1) is 6.59. The molecular weight excluding hydrogens is 112 g/mol. The number of nitrogens with one attached hydrogen (secondary N) is 2. The number of hydrogen-bond acceptors (Lipinski definition) is 1. The second-order valence-electron chi connectivity index (χ2n) is 2.99. The van der Waals surface area contributed by atoms with E-state index in [4.69, 9.17) is 5.41 Å². The minimum atomic E-state index is 0.429. The molecule has 9 heavy (non-hydrogen) atoms. The van der Waals surface area contributed by atoms with Gasteiger partial charge in [-0.15, -0.1) is 0 Å². The molecule has 1 rings (SSSR count). The number of amidine groups is 1. The average Bonchev–Trinajstić information content (AvgIpc) is 2.40. The van der Waals surface area contributed by atoms with Gasteiger partial charge in [0, 0.05) is 12.0 Å². The molecule has 1 fully saturated rings. The van der Waals surface area contributed by atoms with Gasteiger partial charge < -0.3 is 5.32 Å². The first-order valence-corrected chi connectivity index (χ1v) is 3.55. The fourth-order valence-electron chi connectivity index (χ4n) is 0.801. The fraction of sp³-hybridized carbons (Fsp3) is 0.857. The molecule has 1 aliphatic rings. The molecule has 1 aliphatic carbocycles. The van der Waals surface area contributed by atoms with Gasteiger partial charge in [0.2, 0.25) is 0 Å². The largest absolute Gasteiger partial charge is 0.372 e. The summed E-state index contributed by atoms with van der Waals surface area (Å²) >= 11 is 0. The van der Waals surface area contributed by atoms with Crippen LogP contribution in [-0.2, 0) is 0 Å². The molecule has 0 aromatic carbocycles. The van der Waals surface area contributed by atoms with Crippen molar-refractivity contribution in [3.63, 3.8) is 0 Å². The molecule has 0 aromatic rings. The summed E-state index contributed by atoms with van der Waals surface area (Å²) in [5.74, 6) is 1.32. The third-order valence-corrected chi connectivity index (χ3v) is 1.43. The quantitative estimate of drug-likeness (QED) is 0.425. The standard InChI is InChI=1S/C7H14N2/c1-5(2)9-7(8)6-3-4-6/h5-6H,3-4H2,1-2H3,(H2,8,9). The molecule has 2 nitrogen and oxygen atoms in total. The molecule has 0 unspecified atom stereocenters. The molecular formula is C7H14N2. The predicted octanol–water partition coefficient (Wildman–Crippen LogP) is 1.37. The number of rotatable bonds is 2. The monoisotopic (exact) mass is 126 g/mol. The first-order chi connectivity index (χ1) is 4.20. The molecule has 0 radical (unpaired) electrons. The van der Waals surface area contributed by atoms with E-state index in [0.29, 0.717) is 12.0 Å². The average molecular weight is 126 g/mol. The van der Waals surface area contributed by atoms with Crippen molar-refractivity contribution in [3.8, 4) is 0 Å². The van der Waals surface area contributed by atoms with Crippen LogP contribution in [0.25, 0.3) is 0 Å². The molecule has 0 saturated heterocycles. The second kappa shape index (κ2) is 2.38. The minimum Gasteiger partial charge on any atom is -0.372 e. The van der Waals surface area contributed by atoms with Crippen molar-refractivity contribution in [1.29, 1.82) is 5.41 Å². The van der Waals surface area contributed by atoms with Gasteiger partial charge in [0.25, 0.3) is 0 Å². The highest BCUT2D eigenvalue weighted by Crippen LogP contribution is 2.28. The normalized spacial score (nSPS) is 18.1. The number of hydrogen-bond donors (Lipinski definition) is 2. The van der Waals surface area contributed by atoms with E-state index in [1.165, 1.54) is 12.8 Å². The van der Waals surface area contributed by atoms with Gasteiger partial charge in [0.15, 0.2) is 0 Å². The Morgan fingerprint density at radius 2 is 2.11 bits per heavy atom. The van der Waals surface area contributed by atoms with Crippen molar-refractivity contribution in [2.24, 2.45) is 5.92 Å². The van der Waals surface area contributed by atoms with Gasteiger partial charge in [-0.3, -0.25) is 5.41 Å². The molecule has 2 heteroatoms. The third-order valence-electron chi connectivity index (χ3n) is 1.43. The SMILES string of the molecule is CC(C)NC(=N)C1CC1. The zero-order valence-electron chi connectivity index (χ0n) is 6.07. The molecule has 0 heterocycles. The summed E-state index contributed by atoms with van der Waals surface area (Å²) < 4.78 is 0. The lowest BCUT2D eigenvalue weighted by Gasteiger charge is -2.08. The molecule has 0 aromatic heterocycles. The van der Waals surface area contributed by atoms with Gasteiger partial charge in [-0.05, 0) is 26.7 Å². The highest BCUT2D eigenvalue weighted by Gasteiger charge is 2.26. The van der Waals surface area contributed by atoms with Gasteiger partial charge >= 0.3 is 0 Å². The smallest absolute Gasteiger partial charge is 0.0965 e. The Labute approximate surface area is 56.2 Å². The summed E-state index contributed by atoms with van der Waals surface area (Å²) in [4.78, 5) is 0. The van der Waals surface area contributed by atoms with Crippen LogP contribution in [0.3, 0.4) is 0 Å². The summed E-state index contributed by atoms with van der Waals surface area (Å²) in [5.41, 5.74) is 0. The van der Waals surface area contributed by atoms with Crippen molar-refractivity contribution < 1.29 is 0 Å². The van der Waals surface area contributed by atoms with Crippen LogP contribution in [0.5, 0.6) is 0 Å². The van der Waals surface area contributed by atoms with Crippen LogP contribution in [0.2, 0.25) is 0 Å². The Morgan fingerprint density at radius 3 is 2.44 bits per heavy atom. The Bertz CT molecular complexity index is 114. The molecule has 2 N–H and O–H groups in total. The third kappa shape index (κ3) is 2.04. The first-order valence-electron chi connectivity index (χ1n) is 3.55. The van der Waals surface area contributed by atoms with Crippen LogP contribution in [0.4, 0.5) is 0 Å². The Balaban J connectivity index is 2.18. The predicted molar refractivity (Wildman–Crippen MR) is 38.7 cm³/mol. The van der Waals surface area contributed by atoms with E-state index >= 15 is 0 Å². The van der Waals surface area contributed by atoms with Crippen LogP contribution >= 0.6 is 0 Å². The Hall–Kier alpha value is -0.530. The molecule has 52 valence electrons. The van der Waals surface area contributed by atoms with Gasteiger partial charge in [-0.1, -0.05) is 0 Å². The van der Waals surface area contributed by atoms with Gasteiger partial charge in [0.1, 0.15) is 0 Å². The van der Waals surface area contributed by atoms with E-state index in [-0.39, 0.29) is 0 Å². The van der Waals surface area contributed by atoms with Crippen molar-refractivity contribution in [3.05, 3.63) is 0 Å². The van der Waals surface area contributed by atoms with E-state index in [9.17, 15) is 0 Å². The molecule has 0 atom stereocenters. The lowest BCUT2D eigenvalue weighted by Crippen LogP contribution is -2.30. The van der Waals surface area contributed by atoms with E-state index in [1.54, 1.807) is 0 Å². The summed E-state index contributed by atoms with van der Waals surface area (Å²) in [5, 5.41) is 10.5. The zero-order valence-corrected chi connectivity index (χ0v) is 6.07. The molecule has 0 aliphatic heterocycles. The van der Waals surface area contributed by atoms with E-state index < -0.39 is 0 Å². The highest BCUT2D eigenvalue weighted by atomic mass is 15.0. The lowest BCUT2D eigenvalue weighted by atomic mass is 10.3. The van der Waals surface area contributed by atoms with Crippen LogP contribution < -0.4 is 5.32 Å². The zero-order chi connectivity index (χ0) is 6.85. The molecule has 1 saturated carbocycles. The van der Waals surface area contributed by atoms with E-state index in [2.05, 4.69) is 19.2 Å². The minimum absolute atomic E-state index is 0.429. The summed E-state index contributed by atoms with van der Waals surface area (Å²) in [7, 11) is 0. The fourth-order valence-corrected chi connectivity index (χ4v) is 0.801. The van der Waals surface area contributed by atoms with Crippen molar-refractivity contribution in [2.45, 2.75) is 32.7 Å². The maximum atomic E-state index is 7.43. The van der Waals surface area contributed by atoms with Crippen molar-refractivity contribution in [1.82, 2.24) is 5.32 Å². The van der Waals surface area contributed by atoms with Gasteiger partial charge in [-0.2, -0.15) is 0 Å². The lowest BCUT2D eigenvalue weighted by molar-refractivity contribution is 0.713. The highest BCUT2D eigenvalue weighted by molar-refractivity contribution is 5.83. The maximum Gasteiger partial charge on any atom is 0.0965 e. The second-order valence-corrected chi connectivity index (χ2v) is 2.99. The van der Waals surface area contributed by atoms with Crippen LogP contribution in [0, 0.1) is 11.3 Å². The molecule has 0 spiro atoms. The topological polar surface area (TPSA) is 35.9 Å². The van der Waals surface area contributed by atoms with Crippen LogP contribution in [-0.4, -0.2) is 11.9 Å². The summed E-state index contributed by atoms with van der Waals surface area (Å²) in [6, 6.07) is 0.429. The van der Waals surface area contributed by atoms with Gasteiger partial charge in [0.05, 0.1) is 5.84 Å². The Morgan fingerprint density at radius 1 is 1.56 bits per heavy atom. The maximum absolute atomic E-state index is 7.43. The van der Waals surface area contributed by atoms with Crippen LogP contribution in [0.1, 0.15) is 26.7 Å². The van der Waals surface area contributed by atoms with E-state index in [1.807, 2.05) is 0 Å². The summed E-state index contributed by atoms with van der Waals surface area (Å²) in [6.07, 6.45) is 2.44. The van der Waals surface area contributed by atoms with Crippen molar-refractivity contribution >= 4 is 5.84 Å². The molecule has 0 amide bonds. The van der Waals surface area contributed by atoms with E-state index in [0.717, 1.165) is 5.84 Å². The van der Waals surface area contributed by atoms with Crippen molar-refractivity contribution in [2.75, 3.05) is 0 Å². The molecule has 0 bridgehead atoms.